The third-order valence-corrected chi connectivity index (χ3v) is 1.47. The Kier molecular flexibility index (Phi) is 6.60. The SMILES string of the molecule is C=CC.N#Cc1cncc(SN)c1. The standard InChI is InChI=1S/C6H5N3S.C3H6/c7-2-5-1-6(10-8)4-9-3-5;1-3-2/h1,3-4H,8H2;3H,1H2,2H3. The minimum Gasteiger partial charge on any atom is -0.274 e. The van der Waals surface area contributed by atoms with Crippen molar-refractivity contribution in [1.29, 1.82) is 5.26 Å². The first kappa shape index (κ1) is 11.7. The van der Waals surface area contributed by atoms with Gasteiger partial charge in [0.25, 0.3) is 0 Å². The van der Waals surface area contributed by atoms with E-state index in [1.165, 1.54) is 6.20 Å². The fourth-order valence-corrected chi connectivity index (χ4v) is 0.861. The molecule has 0 aromatic carbocycles. The molecule has 1 aromatic heterocycles. The molecule has 0 aliphatic carbocycles. The molecule has 0 saturated heterocycles. The van der Waals surface area contributed by atoms with Crippen LogP contribution in [0.15, 0.2) is 36.0 Å². The molecule has 0 saturated carbocycles. The van der Waals surface area contributed by atoms with Gasteiger partial charge in [0.2, 0.25) is 0 Å². The lowest BCUT2D eigenvalue weighted by atomic mass is 10.3. The van der Waals surface area contributed by atoms with Gasteiger partial charge in [-0.3, -0.25) is 10.1 Å². The van der Waals surface area contributed by atoms with Crippen molar-refractivity contribution in [2.24, 2.45) is 5.14 Å². The zero-order valence-electron chi connectivity index (χ0n) is 7.40. The lowest BCUT2D eigenvalue weighted by molar-refractivity contribution is 1.22. The van der Waals surface area contributed by atoms with Gasteiger partial charge in [0.15, 0.2) is 0 Å². The second kappa shape index (κ2) is 7.35. The number of nitriles is 1. The topological polar surface area (TPSA) is 62.7 Å². The van der Waals surface area contributed by atoms with Crippen LogP contribution in [0, 0.1) is 11.3 Å². The molecule has 3 nitrogen and oxygen atoms in total. The highest BCUT2D eigenvalue weighted by Gasteiger charge is 1.92. The van der Waals surface area contributed by atoms with Gasteiger partial charge in [-0.2, -0.15) is 5.26 Å². The highest BCUT2D eigenvalue weighted by Crippen LogP contribution is 2.10. The van der Waals surface area contributed by atoms with Gasteiger partial charge in [-0.05, 0) is 24.9 Å². The molecule has 0 aliphatic rings. The van der Waals surface area contributed by atoms with Crippen LogP contribution < -0.4 is 5.14 Å². The molecule has 0 spiro atoms. The highest BCUT2D eigenvalue weighted by molar-refractivity contribution is 7.97. The van der Waals surface area contributed by atoms with Gasteiger partial charge in [-0.25, -0.2) is 0 Å². The lowest BCUT2D eigenvalue weighted by Crippen LogP contribution is -1.83. The van der Waals surface area contributed by atoms with Crippen molar-refractivity contribution in [3.8, 4) is 6.07 Å². The van der Waals surface area contributed by atoms with E-state index in [1.54, 1.807) is 18.3 Å². The second-order valence-electron chi connectivity index (χ2n) is 2.05. The summed E-state index contributed by atoms with van der Waals surface area (Å²) in [7, 11) is 0. The molecule has 0 radical (unpaired) electrons. The monoisotopic (exact) mass is 193 g/mol. The van der Waals surface area contributed by atoms with Crippen LogP contribution in [-0.4, -0.2) is 4.98 Å². The first-order valence-corrected chi connectivity index (χ1v) is 4.45. The van der Waals surface area contributed by atoms with E-state index in [2.05, 4.69) is 11.6 Å². The average molecular weight is 193 g/mol. The lowest BCUT2D eigenvalue weighted by Gasteiger charge is -1.92. The minimum absolute atomic E-state index is 0.537. The molecule has 68 valence electrons. The van der Waals surface area contributed by atoms with Gasteiger partial charge in [0, 0.05) is 17.3 Å². The van der Waals surface area contributed by atoms with E-state index in [4.69, 9.17) is 10.4 Å². The van der Waals surface area contributed by atoms with E-state index in [-0.39, 0.29) is 0 Å². The molecular weight excluding hydrogens is 182 g/mol. The van der Waals surface area contributed by atoms with Crippen molar-refractivity contribution in [2.75, 3.05) is 0 Å². The van der Waals surface area contributed by atoms with Crippen LogP contribution in [0.25, 0.3) is 0 Å². The van der Waals surface area contributed by atoms with Crippen LogP contribution in [0.3, 0.4) is 0 Å². The summed E-state index contributed by atoms with van der Waals surface area (Å²) in [5.41, 5.74) is 0.537. The number of nitrogens with zero attached hydrogens (tertiary/aromatic N) is 2. The fourth-order valence-electron chi connectivity index (χ4n) is 0.544. The summed E-state index contributed by atoms with van der Waals surface area (Å²) in [5.74, 6) is 0. The first-order valence-electron chi connectivity index (χ1n) is 3.57. The molecule has 2 N–H and O–H groups in total. The summed E-state index contributed by atoms with van der Waals surface area (Å²) in [6.07, 6.45) is 4.87. The van der Waals surface area contributed by atoms with Crippen LogP contribution >= 0.6 is 11.9 Å². The van der Waals surface area contributed by atoms with Crippen LogP contribution in [0.2, 0.25) is 0 Å². The van der Waals surface area contributed by atoms with E-state index in [0.717, 1.165) is 16.8 Å². The van der Waals surface area contributed by atoms with Crippen LogP contribution in [0.1, 0.15) is 12.5 Å². The molecule has 0 aliphatic heterocycles. The van der Waals surface area contributed by atoms with Gasteiger partial charge < -0.3 is 0 Å². The van der Waals surface area contributed by atoms with Crippen molar-refractivity contribution < 1.29 is 0 Å². The summed E-state index contributed by atoms with van der Waals surface area (Å²) in [6.45, 7) is 5.25. The third kappa shape index (κ3) is 5.01. The smallest absolute Gasteiger partial charge is 0.101 e. The van der Waals surface area contributed by atoms with Crippen molar-refractivity contribution in [1.82, 2.24) is 4.98 Å². The molecule has 4 heteroatoms. The Labute approximate surface area is 82.4 Å². The predicted octanol–water partition coefficient (Wildman–Crippen LogP) is 2.11. The number of allylic oxidation sites excluding steroid dienone is 1. The molecule has 13 heavy (non-hydrogen) atoms. The summed E-state index contributed by atoms with van der Waals surface area (Å²) in [6, 6.07) is 3.66. The molecule has 1 aromatic rings. The Balaban J connectivity index is 0.000000424. The number of hydrogen-bond acceptors (Lipinski definition) is 4. The maximum atomic E-state index is 8.42. The average Bonchev–Trinajstić information content (AvgIpc) is 2.19. The molecule has 0 atom stereocenters. The van der Waals surface area contributed by atoms with Gasteiger partial charge >= 0.3 is 0 Å². The van der Waals surface area contributed by atoms with Gasteiger partial charge in [0.05, 0.1) is 5.56 Å². The van der Waals surface area contributed by atoms with Crippen molar-refractivity contribution in [3.05, 3.63) is 36.7 Å². The Morgan fingerprint density at radius 3 is 2.77 bits per heavy atom. The van der Waals surface area contributed by atoms with E-state index >= 15 is 0 Å². The van der Waals surface area contributed by atoms with Gasteiger partial charge in [0.1, 0.15) is 6.07 Å². The summed E-state index contributed by atoms with van der Waals surface area (Å²) >= 11 is 1.08. The van der Waals surface area contributed by atoms with Gasteiger partial charge in [-0.15, -0.1) is 6.58 Å². The fraction of sp³-hybridized carbons (Fsp3) is 0.111. The maximum absolute atomic E-state index is 8.42. The zero-order chi connectivity index (χ0) is 10.1. The Hall–Kier alpha value is -1.31. The second-order valence-corrected chi connectivity index (χ2v) is 2.75. The van der Waals surface area contributed by atoms with Crippen LogP contribution in [0.4, 0.5) is 0 Å². The Morgan fingerprint density at radius 1 is 1.69 bits per heavy atom. The Bertz CT molecular complexity index is 304. The quantitative estimate of drug-likeness (QED) is 0.548. The first-order chi connectivity index (χ1) is 6.28. The van der Waals surface area contributed by atoms with E-state index in [0.29, 0.717) is 5.56 Å². The number of rotatable bonds is 1. The largest absolute Gasteiger partial charge is 0.274 e. The molecule has 0 bridgehead atoms. The number of hydrogen-bond donors (Lipinski definition) is 1. The number of aromatic nitrogens is 1. The predicted molar refractivity (Wildman–Crippen MR) is 54.9 cm³/mol. The minimum atomic E-state index is 0.537. The van der Waals surface area contributed by atoms with Crippen molar-refractivity contribution >= 4 is 11.9 Å². The van der Waals surface area contributed by atoms with Crippen LogP contribution in [-0.2, 0) is 0 Å². The van der Waals surface area contributed by atoms with Crippen molar-refractivity contribution in [3.63, 3.8) is 0 Å². The van der Waals surface area contributed by atoms with Crippen molar-refractivity contribution in [2.45, 2.75) is 11.8 Å². The molecule has 0 amide bonds. The van der Waals surface area contributed by atoms with Gasteiger partial charge in [-0.1, -0.05) is 6.08 Å². The summed E-state index contributed by atoms with van der Waals surface area (Å²) < 4.78 is 0. The number of pyridine rings is 1. The van der Waals surface area contributed by atoms with E-state index in [1.807, 2.05) is 13.0 Å². The zero-order valence-corrected chi connectivity index (χ0v) is 8.21. The normalized spacial score (nSPS) is 7.77. The Morgan fingerprint density at radius 2 is 2.31 bits per heavy atom. The maximum Gasteiger partial charge on any atom is 0.101 e. The third-order valence-electron chi connectivity index (χ3n) is 0.978. The van der Waals surface area contributed by atoms with Crippen LogP contribution in [0.5, 0.6) is 0 Å². The molecule has 1 rings (SSSR count). The molecular formula is C9H11N3S. The molecule has 1 heterocycles. The van der Waals surface area contributed by atoms with E-state index < -0.39 is 0 Å². The highest BCUT2D eigenvalue weighted by atomic mass is 32.2. The summed E-state index contributed by atoms with van der Waals surface area (Å²) in [5, 5.41) is 13.7. The summed E-state index contributed by atoms with van der Waals surface area (Å²) in [4.78, 5) is 4.61. The number of nitrogens with two attached hydrogens (primary N) is 1. The van der Waals surface area contributed by atoms with E-state index in [9.17, 15) is 0 Å². The molecule has 0 fully saturated rings. The molecule has 0 unspecified atom stereocenters.